The summed E-state index contributed by atoms with van der Waals surface area (Å²) in [5.74, 6) is 0. The summed E-state index contributed by atoms with van der Waals surface area (Å²) in [6.45, 7) is 4.11. The number of urea groups is 1. The molecule has 0 fully saturated rings. The molecule has 6 heteroatoms. The van der Waals surface area contributed by atoms with Gasteiger partial charge in [-0.3, -0.25) is 0 Å². The van der Waals surface area contributed by atoms with Crippen molar-refractivity contribution in [2.24, 2.45) is 0 Å². The maximum absolute atomic E-state index is 12.1. The van der Waals surface area contributed by atoms with E-state index in [1.54, 1.807) is 11.3 Å². The van der Waals surface area contributed by atoms with Crippen molar-refractivity contribution in [3.05, 3.63) is 59.1 Å². The van der Waals surface area contributed by atoms with Gasteiger partial charge in [-0.2, -0.15) is 0 Å². The molecule has 26 heavy (non-hydrogen) atoms. The molecule has 0 bridgehead atoms. The number of para-hydroxylation sites is 2. The van der Waals surface area contributed by atoms with Gasteiger partial charge in [-0.15, -0.1) is 11.3 Å². The number of hydrogen-bond donors (Lipinski definition) is 2. The van der Waals surface area contributed by atoms with Crippen molar-refractivity contribution in [3.8, 4) is 0 Å². The molecule has 0 aliphatic carbocycles. The number of nitrogens with zero attached hydrogens (tertiary/aromatic N) is 2. The molecule has 2 N–H and O–H groups in total. The predicted octanol–water partition coefficient (Wildman–Crippen LogP) is 3.55. The number of rotatable bonds is 5. The lowest BCUT2D eigenvalue weighted by atomic mass is 10.1. The number of aromatic nitrogens is 1. The number of fused-ring (bicyclic) bond motifs is 2. The molecule has 1 aliphatic rings. The van der Waals surface area contributed by atoms with Gasteiger partial charge >= 0.3 is 6.03 Å². The summed E-state index contributed by atoms with van der Waals surface area (Å²) in [7, 11) is 0. The van der Waals surface area contributed by atoms with Crippen molar-refractivity contribution in [2.75, 3.05) is 18.0 Å². The van der Waals surface area contributed by atoms with Crippen molar-refractivity contribution < 1.29 is 4.79 Å². The Hall–Kier alpha value is -2.60. The van der Waals surface area contributed by atoms with E-state index in [9.17, 15) is 4.79 Å². The van der Waals surface area contributed by atoms with E-state index in [2.05, 4.69) is 51.7 Å². The Morgan fingerprint density at radius 2 is 2.00 bits per heavy atom. The molecule has 1 unspecified atom stereocenters. The quantitative estimate of drug-likeness (QED) is 0.726. The second-order valence-corrected chi connectivity index (χ2v) is 7.68. The van der Waals surface area contributed by atoms with Crippen molar-refractivity contribution in [1.29, 1.82) is 0 Å². The molecule has 134 valence electrons. The Labute approximate surface area is 157 Å². The van der Waals surface area contributed by atoms with Crippen molar-refractivity contribution >= 4 is 33.3 Å². The van der Waals surface area contributed by atoms with Crippen LogP contribution >= 0.6 is 11.3 Å². The highest BCUT2D eigenvalue weighted by atomic mass is 32.1. The van der Waals surface area contributed by atoms with E-state index in [0.29, 0.717) is 19.1 Å². The molecule has 2 aromatic carbocycles. The highest BCUT2D eigenvalue weighted by molar-refractivity contribution is 7.18. The molecule has 0 spiro atoms. The third kappa shape index (κ3) is 3.51. The fourth-order valence-electron chi connectivity index (χ4n) is 3.47. The summed E-state index contributed by atoms with van der Waals surface area (Å²) >= 11 is 1.61. The first-order valence-electron chi connectivity index (χ1n) is 8.91. The van der Waals surface area contributed by atoms with Gasteiger partial charge in [0.05, 0.1) is 16.8 Å². The average molecular weight is 366 g/mol. The largest absolute Gasteiger partial charge is 0.367 e. The average Bonchev–Trinajstić information content (AvgIpc) is 3.20. The van der Waals surface area contributed by atoms with E-state index in [4.69, 9.17) is 0 Å². The molecule has 1 atom stereocenters. The molecule has 0 saturated carbocycles. The van der Waals surface area contributed by atoms with Crippen LogP contribution in [0.25, 0.3) is 10.2 Å². The first-order valence-corrected chi connectivity index (χ1v) is 9.73. The summed E-state index contributed by atoms with van der Waals surface area (Å²) in [6.07, 6.45) is 1.07. The number of anilines is 1. The summed E-state index contributed by atoms with van der Waals surface area (Å²) in [4.78, 5) is 19.0. The maximum atomic E-state index is 12.1. The van der Waals surface area contributed by atoms with E-state index >= 15 is 0 Å². The van der Waals surface area contributed by atoms with Gasteiger partial charge in [0.2, 0.25) is 0 Å². The second-order valence-electron chi connectivity index (χ2n) is 6.56. The number of nitrogens with one attached hydrogen (secondary N) is 2. The summed E-state index contributed by atoms with van der Waals surface area (Å²) < 4.78 is 1.14. The third-order valence-electron chi connectivity index (χ3n) is 4.73. The van der Waals surface area contributed by atoms with Gasteiger partial charge in [0.15, 0.2) is 0 Å². The molecular weight excluding hydrogens is 344 g/mol. The van der Waals surface area contributed by atoms with Crippen LogP contribution in [0.2, 0.25) is 0 Å². The van der Waals surface area contributed by atoms with Crippen LogP contribution in [0.5, 0.6) is 0 Å². The Kier molecular flexibility index (Phi) is 4.75. The summed E-state index contributed by atoms with van der Waals surface area (Å²) in [5.41, 5.74) is 3.66. The van der Waals surface area contributed by atoms with Crippen LogP contribution in [-0.4, -0.2) is 30.1 Å². The van der Waals surface area contributed by atoms with Gasteiger partial charge in [0.1, 0.15) is 5.01 Å². The van der Waals surface area contributed by atoms with Gasteiger partial charge in [-0.1, -0.05) is 30.3 Å². The maximum Gasteiger partial charge on any atom is 0.315 e. The third-order valence-corrected chi connectivity index (χ3v) is 5.76. The monoisotopic (exact) mass is 366 g/mol. The zero-order valence-electron chi connectivity index (χ0n) is 14.7. The lowest BCUT2D eigenvalue weighted by molar-refractivity contribution is 0.240. The minimum atomic E-state index is -0.149. The van der Waals surface area contributed by atoms with Crippen LogP contribution < -0.4 is 15.5 Å². The number of thiazole rings is 1. The first-order chi connectivity index (χ1) is 12.7. The van der Waals surface area contributed by atoms with Crippen LogP contribution in [0.15, 0.2) is 48.5 Å². The van der Waals surface area contributed by atoms with Crippen LogP contribution in [0, 0.1) is 0 Å². The van der Waals surface area contributed by atoms with E-state index in [0.717, 1.165) is 28.2 Å². The fourth-order valence-corrected chi connectivity index (χ4v) is 4.38. The molecule has 0 saturated heterocycles. The molecule has 5 nitrogen and oxygen atoms in total. The molecule has 1 aliphatic heterocycles. The van der Waals surface area contributed by atoms with Gasteiger partial charge in [-0.25, -0.2) is 9.78 Å². The van der Waals surface area contributed by atoms with E-state index in [-0.39, 0.29) is 6.03 Å². The lowest BCUT2D eigenvalue weighted by Crippen LogP contribution is -2.41. The highest BCUT2D eigenvalue weighted by Gasteiger charge is 2.24. The predicted molar refractivity (Wildman–Crippen MR) is 107 cm³/mol. The van der Waals surface area contributed by atoms with Crippen molar-refractivity contribution in [1.82, 2.24) is 15.6 Å². The summed E-state index contributed by atoms with van der Waals surface area (Å²) in [5, 5.41) is 6.76. The molecule has 4 rings (SSSR count). The molecule has 2 amide bonds. The van der Waals surface area contributed by atoms with Crippen LogP contribution in [-0.2, 0) is 13.0 Å². The van der Waals surface area contributed by atoms with E-state index < -0.39 is 0 Å². The van der Waals surface area contributed by atoms with E-state index in [1.807, 2.05) is 24.3 Å². The van der Waals surface area contributed by atoms with Crippen molar-refractivity contribution in [2.45, 2.75) is 25.9 Å². The zero-order chi connectivity index (χ0) is 17.9. The zero-order valence-corrected chi connectivity index (χ0v) is 15.6. The Morgan fingerprint density at radius 1 is 1.19 bits per heavy atom. The van der Waals surface area contributed by atoms with Crippen molar-refractivity contribution in [3.63, 3.8) is 0 Å². The first kappa shape index (κ1) is 16.8. The standard InChI is InChI=1S/C20H22N4OS/c1-14-12-15-6-2-4-8-17(15)24(14)11-10-21-20(25)22-13-19-23-16-7-3-5-9-18(16)26-19/h2-9,14H,10-13H2,1H3,(H2,21,22,25). The second kappa shape index (κ2) is 7.33. The number of amides is 2. The highest BCUT2D eigenvalue weighted by Crippen LogP contribution is 2.31. The Bertz CT molecular complexity index is 890. The molecule has 2 heterocycles. The molecular formula is C20H22N4OS. The molecule has 3 aromatic rings. The SMILES string of the molecule is CC1Cc2ccccc2N1CCNC(=O)NCc1nc2ccccc2s1. The number of carbonyl (C=O) groups excluding carboxylic acids is 1. The minimum absolute atomic E-state index is 0.149. The molecule has 0 radical (unpaired) electrons. The smallest absolute Gasteiger partial charge is 0.315 e. The number of benzene rings is 2. The number of hydrogen-bond acceptors (Lipinski definition) is 4. The normalized spacial score (nSPS) is 15.9. The van der Waals surface area contributed by atoms with Gasteiger partial charge in [-0.05, 0) is 37.1 Å². The van der Waals surface area contributed by atoms with Crippen LogP contribution in [0.3, 0.4) is 0 Å². The molecule has 1 aromatic heterocycles. The van der Waals surface area contributed by atoms with Gasteiger partial charge < -0.3 is 15.5 Å². The fraction of sp³-hybridized carbons (Fsp3) is 0.300. The Balaban J connectivity index is 1.25. The lowest BCUT2D eigenvalue weighted by Gasteiger charge is -2.25. The van der Waals surface area contributed by atoms with Crippen LogP contribution in [0.1, 0.15) is 17.5 Å². The van der Waals surface area contributed by atoms with Crippen LogP contribution in [0.4, 0.5) is 10.5 Å². The minimum Gasteiger partial charge on any atom is -0.367 e. The topological polar surface area (TPSA) is 57.3 Å². The van der Waals surface area contributed by atoms with Gasteiger partial charge in [0, 0.05) is 24.8 Å². The van der Waals surface area contributed by atoms with E-state index in [1.165, 1.54) is 11.3 Å². The van der Waals surface area contributed by atoms with Gasteiger partial charge in [0.25, 0.3) is 0 Å². The number of carbonyl (C=O) groups is 1. The summed E-state index contributed by atoms with van der Waals surface area (Å²) in [6, 6.07) is 16.8. The Morgan fingerprint density at radius 3 is 2.88 bits per heavy atom.